The number of pyridine rings is 1. The number of esters is 1. The highest BCUT2D eigenvalue weighted by Gasteiger charge is 2.29. The van der Waals surface area contributed by atoms with Gasteiger partial charge in [-0.1, -0.05) is 11.6 Å². The Morgan fingerprint density at radius 1 is 1.06 bits per heavy atom. The van der Waals surface area contributed by atoms with Crippen LogP contribution in [0.3, 0.4) is 0 Å². The molecule has 1 N–H and O–H groups in total. The molecular formula is C23H26ClN3O5. The highest BCUT2D eigenvalue weighted by Crippen LogP contribution is 2.23. The molecule has 0 radical (unpaired) electrons. The van der Waals surface area contributed by atoms with Crippen molar-refractivity contribution in [3.05, 3.63) is 53.2 Å². The summed E-state index contributed by atoms with van der Waals surface area (Å²) in [5.74, 6) is -0.441. The lowest BCUT2D eigenvalue weighted by atomic mass is 9.97. The molecule has 2 aromatic rings. The number of amides is 2. The van der Waals surface area contributed by atoms with E-state index in [0.29, 0.717) is 16.6 Å². The largest absolute Gasteiger partial charge is 0.484 e. The monoisotopic (exact) mass is 459 g/mol. The van der Waals surface area contributed by atoms with E-state index in [9.17, 15) is 14.4 Å². The summed E-state index contributed by atoms with van der Waals surface area (Å²) in [5.41, 5.74) is 0.263. The lowest BCUT2D eigenvalue weighted by Gasteiger charge is -2.38. The van der Waals surface area contributed by atoms with Crippen molar-refractivity contribution in [2.75, 3.05) is 18.5 Å². The van der Waals surface area contributed by atoms with Crippen molar-refractivity contribution in [3.63, 3.8) is 0 Å². The molecule has 0 saturated carbocycles. The average molecular weight is 460 g/mol. The number of nitrogens with one attached hydrogen (secondary N) is 1. The zero-order chi connectivity index (χ0) is 23.1. The van der Waals surface area contributed by atoms with Crippen LogP contribution < -0.4 is 10.1 Å². The van der Waals surface area contributed by atoms with Crippen LogP contribution in [0.25, 0.3) is 0 Å². The minimum Gasteiger partial charge on any atom is -0.484 e. The van der Waals surface area contributed by atoms with Crippen molar-refractivity contribution in [1.29, 1.82) is 0 Å². The second-order valence-corrected chi connectivity index (χ2v) is 8.17. The predicted octanol–water partition coefficient (Wildman–Crippen LogP) is 3.70. The number of piperidine rings is 1. The van der Waals surface area contributed by atoms with E-state index in [1.807, 2.05) is 4.90 Å². The van der Waals surface area contributed by atoms with Gasteiger partial charge in [0, 0.05) is 18.3 Å². The number of nitrogens with zero attached hydrogens (tertiary/aromatic N) is 2. The fourth-order valence-corrected chi connectivity index (χ4v) is 3.77. The number of hydrogen-bond donors (Lipinski definition) is 1. The summed E-state index contributed by atoms with van der Waals surface area (Å²) in [6, 6.07) is 9.76. The van der Waals surface area contributed by atoms with Crippen molar-refractivity contribution in [1.82, 2.24) is 9.88 Å². The first-order valence-electron chi connectivity index (χ1n) is 10.5. The summed E-state index contributed by atoms with van der Waals surface area (Å²) >= 11 is 5.74. The molecule has 1 saturated heterocycles. The molecule has 0 spiro atoms. The fraction of sp³-hybridized carbons (Fsp3) is 0.391. The van der Waals surface area contributed by atoms with Crippen LogP contribution in [0, 0.1) is 0 Å². The van der Waals surface area contributed by atoms with Gasteiger partial charge in [0.1, 0.15) is 11.6 Å². The molecule has 0 aliphatic carbocycles. The maximum Gasteiger partial charge on any atom is 0.338 e. The second-order valence-electron chi connectivity index (χ2n) is 7.73. The van der Waals surface area contributed by atoms with E-state index in [4.69, 9.17) is 21.1 Å². The summed E-state index contributed by atoms with van der Waals surface area (Å²) in [4.78, 5) is 42.4. The number of benzene rings is 1. The Bertz CT molecular complexity index is 939. The lowest BCUT2D eigenvalue weighted by molar-refractivity contribution is -0.139. The minimum atomic E-state index is -0.650. The van der Waals surface area contributed by atoms with Gasteiger partial charge in [-0.3, -0.25) is 9.59 Å². The van der Waals surface area contributed by atoms with Crippen LogP contribution in [0.4, 0.5) is 5.82 Å². The Morgan fingerprint density at radius 2 is 1.75 bits per heavy atom. The number of halogens is 1. The lowest BCUT2D eigenvalue weighted by Crippen LogP contribution is -2.49. The van der Waals surface area contributed by atoms with Gasteiger partial charge in [-0.2, -0.15) is 0 Å². The van der Waals surface area contributed by atoms with E-state index in [1.54, 1.807) is 18.2 Å². The van der Waals surface area contributed by atoms with Gasteiger partial charge < -0.3 is 19.7 Å². The van der Waals surface area contributed by atoms with E-state index in [2.05, 4.69) is 24.1 Å². The molecule has 1 aliphatic rings. The van der Waals surface area contributed by atoms with Crippen LogP contribution >= 0.6 is 11.6 Å². The molecule has 1 aromatic carbocycles. The first kappa shape index (κ1) is 23.5. The Morgan fingerprint density at radius 3 is 2.38 bits per heavy atom. The first-order valence-corrected chi connectivity index (χ1v) is 10.8. The quantitative estimate of drug-likeness (QED) is 0.634. The molecule has 1 fully saturated rings. The van der Waals surface area contributed by atoms with Crippen molar-refractivity contribution in [2.24, 2.45) is 0 Å². The summed E-state index contributed by atoms with van der Waals surface area (Å²) in [6.07, 6.45) is 4.53. The molecule has 0 unspecified atom stereocenters. The van der Waals surface area contributed by atoms with E-state index in [1.165, 1.54) is 24.4 Å². The van der Waals surface area contributed by atoms with Gasteiger partial charge in [0.2, 0.25) is 0 Å². The Kier molecular flexibility index (Phi) is 8.05. The van der Waals surface area contributed by atoms with Crippen LogP contribution in [-0.2, 0) is 14.3 Å². The number of ether oxygens (including phenoxy) is 2. The minimum absolute atomic E-state index is 0.0469. The van der Waals surface area contributed by atoms with Crippen LogP contribution in [0.15, 0.2) is 42.6 Å². The molecule has 2 heterocycles. The maximum absolute atomic E-state index is 12.5. The molecule has 9 heteroatoms. The van der Waals surface area contributed by atoms with Gasteiger partial charge >= 0.3 is 5.97 Å². The number of carbonyl (C=O) groups is 3. The number of hydrogen-bond acceptors (Lipinski definition) is 6. The zero-order valence-corrected chi connectivity index (χ0v) is 18.8. The van der Waals surface area contributed by atoms with Crippen molar-refractivity contribution < 1.29 is 23.9 Å². The van der Waals surface area contributed by atoms with Crippen molar-refractivity contribution in [2.45, 2.75) is 45.2 Å². The number of rotatable bonds is 7. The number of likely N-dealkylation sites (tertiary alicyclic amines) is 1. The smallest absolute Gasteiger partial charge is 0.338 e. The van der Waals surface area contributed by atoms with Crippen LogP contribution in [0.2, 0.25) is 5.02 Å². The van der Waals surface area contributed by atoms with E-state index < -0.39 is 18.5 Å². The van der Waals surface area contributed by atoms with Crippen molar-refractivity contribution in [3.8, 4) is 5.75 Å². The third-order valence-corrected chi connectivity index (χ3v) is 5.49. The van der Waals surface area contributed by atoms with Gasteiger partial charge in [-0.05, 0) is 69.5 Å². The second kappa shape index (κ2) is 10.9. The number of carbonyl (C=O) groups excluding carboxylic acids is 3. The fourth-order valence-electron chi connectivity index (χ4n) is 3.66. The molecule has 1 aromatic heterocycles. The van der Waals surface area contributed by atoms with Crippen LogP contribution in [0.5, 0.6) is 5.75 Å². The first-order chi connectivity index (χ1) is 15.3. The standard InChI is InChI=1S/C23H26ClN3O5/c1-15-4-3-5-16(2)27(15)22(29)14-31-19-9-6-17(7-10-19)23(30)32-13-21(28)26-20-11-8-18(24)12-25-20/h6-12,15-16H,3-5,13-14H2,1-2H3,(H,25,26,28)/t15-,16-/m1/s1. The molecule has 32 heavy (non-hydrogen) atoms. The molecule has 8 nitrogen and oxygen atoms in total. The number of aromatic nitrogens is 1. The Hall–Kier alpha value is -3.13. The summed E-state index contributed by atoms with van der Waals surface area (Å²) < 4.78 is 10.6. The summed E-state index contributed by atoms with van der Waals surface area (Å²) in [7, 11) is 0. The highest BCUT2D eigenvalue weighted by atomic mass is 35.5. The molecule has 2 atom stereocenters. The van der Waals surface area contributed by atoms with Gasteiger partial charge in [-0.15, -0.1) is 0 Å². The molecule has 2 amide bonds. The number of anilines is 1. The van der Waals surface area contributed by atoms with E-state index in [-0.39, 0.29) is 30.2 Å². The molecular weight excluding hydrogens is 434 g/mol. The van der Waals surface area contributed by atoms with Gasteiger partial charge in [0.25, 0.3) is 11.8 Å². The Labute approximate surface area is 191 Å². The van der Waals surface area contributed by atoms with Gasteiger partial charge in [-0.25, -0.2) is 9.78 Å². The molecule has 170 valence electrons. The third kappa shape index (κ3) is 6.43. The molecule has 1 aliphatic heterocycles. The normalized spacial score (nSPS) is 18.0. The maximum atomic E-state index is 12.5. The Balaban J connectivity index is 1.45. The zero-order valence-electron chi connectivity index (χ0n) is 18.0. The topological polar surface area (TPSA) is 97.8 Å². The highest BCUT2D eigenvalue weighted by molar-refractivity contribution is 6.30. The third-order valence-electron chi connectivity index (χ3n) is 5.26. The SMILES string of the molecule is C[C@@H]1CCC[C@@H](C)N1C(=O)COc1ccc(C(=O)OCC(=O)Nc2ccc(Cl)cn2)cc1. The molecule has 3 rings (SSSR count). The summed E-state index contributed by atoms with van der Waals surface area (Å²) in [6.45, 7) is 3.60. The van der Waals surface area contributed by atoms with Gasteiger partial charge in [0.05, 0.1) is 10.6 Å². The molecule has 0 bridgehead atoms. The average Bonchev–Trinajstić information content (AvgIpc) is 2.78. The van der Waals surface area contributed by atoms with Gasteiger partial charge in [0.15, 0.2) is 13.2 Å². The van der Waals surface area contributed by atoms with E-state index >= 15 is 0 Å². The van der Waals surface area contributed by atoms with Crippen LogP contribution in [-0.4, -0.2) is 53.0 Å². The summed E-state index contributed by atoms with van der Waals surface area (Å²) in [5, 5.41) is 2.95. The van der Waals surface area contributed by atoms with Crippen LogP contribution in [0.1, 0.15) is 43.5 Å². The van der Waals surface area contributed by atoms with E-state index in [0.717, 1.165) is 19.3 Å². The predicted molar refractivity (Wildman–Crippen MR) is 120 cm³/mol. The van der Waals surface area contributed by atoms with Crippen molar-refractivity contribution >= 4 is 35.2 Å².